The molecule has 0 fully saturated rings. The Hall–Kier alpha value is -3.13. The second kappa shape index (κ2) is 13.1. The SMILES string of the molecule is CCCO[C@@H](CC)[C@@H](Oc1ccccc1)[C@H](C)OC(=O)C(C)(C)CC(=O)c1nccc(OC)c1O. The molecule has 0 aliphatic heterocycles. The molecule has 8 heteroatoms. The summed E-state index contributed by atoms with van der Waals surface area (Å²) in [7, 11) is 1.38. The van der Waals surface area contributed by atoms with E-state index in [0.717, 1.165) is 6.42 Å². The number of esters is 1. The van der Waals surface area contributed by atoms with E-state index in [9.17, 15) is 14.7 Å². The van der Waals surface area contributed by atoms with Gasteiger partial charge in [0.25, 0.3) is 0 Å². The van der Waals surface area contributed by atoms with Crippen molar-refractivity contribution >= 4 is 11.8 Å². The third-order valence-electron chi connectivity index (χ3n) is 5.60. The second-order valence-electron chi connectivity index (χ2n) is 9.02. The molecular formula is C27H37NO7. The van der Waals surface area contributed by atoms with Crippen LogP contribution in [-0.2, 0) is 14.3 Å². The number of rotatable bonds is 14. The van der Waals surface area contributed by atoms with Gasteiger partial charge in [0.15, 0.2) is 29.1 Å². The lowest BCUT2D eigenvalue weighted by Crippen LogP contribution is -2.46. The standard InChI is InChI=1S/C27H37NO7/c1-7-16-33-21(8-2)25(35-19-12-10-9-11-13-19)18(3)34-26(31)27(4,5)17-20(29)23-24(30)22(32-6)14-15-28-23/h9-15,18,21,25,30H,7-8,16-17H2,1-6H3/t18-,21-,25-/m0/s1. The summed E-state index contributed by atoms with van der Waals surface area (Å²) in [5, 5.41) is 10.3. The van der Waals surface area contributed by atoms with E-state index < -0.39 is 29.4 Å². The first kappa shape index (κ1) is 28.1. The number of ether oxygens (including phenoxy) is 4. The number of ketones is 1. The zero-order valence-electron chi connectivity index (χ0n) is 21.4. The number of aromatic nitrogens is 1. The van der Waals surface area contributed by atoms with Crippen LogP contribution in [0.2, 0.25) is 0 Å². The fourth-order valence-corrected chi connectivity index (χ4v) is 3.60. The van der Waals surface area contributed by atoms with Crippen molar-refractivity contribution in [2.75, 3.05) is 13.7 Å². The van der Waals surface area contributed by atoms with Gasteiger partial charge in [-0.3, -0.25) is 9.59 Å². The van der Waals surface area contributed by atoms with E-state index in [4.69, 9.17) is 18.9 Å². The predicted molar refractivity (Wildman–Crippen MR) is 132 cm³/mol. The monoisotopic (exact) mass is 487 g/mol. The Kier molecular flexibility index (Phi) is 10.5. The van der Waals surface area contributed by atoms with Crippen LogP contribution in [-0.4, -0.2) is 53.9 Å². The number of carbonyl (C=O) groups is 2. The highest BCUT2D eigenvalue weighted by Crippen LogP contribution is 2.32. The maximum absolute atomic E-state index is 13.2. The molecule has 1 N–H and O–H groups in total. The molecule has 0 bridgehead atoms. The van der Waals surface area contributed by atoms with Crippen LogP contribution in [0, 0.1) is 5.41 Å². The lowest BCUT2D eigenvalue weighted by atomic mass is 9.86. The van der Waals surface area contributed by atoms with E-state index >= 15 is 0 Å². The average Bonchev–Trinajstić information content (AvgIpc) is 2.84. The van der Waals surface area contributed by atoms with E-state index in [-0.39, 0.29) is 29.7 Å². The van der Waals surface area contributed by atoms with E-state index in [2.05, 4.69) is 4.98 Å². The van der Waals surface area contributed by atoms with Gasteiger partial charge in [-0.05, 0) is 45.7 Å². The maximum atomic E-state index is 13.2. The molecule has 0 unspecified atom stereocenters. The highest BCUT2D eigenvalue weighted by molar-refractivity contribution is 5.99. The third kappa shape index (κ3) is 7.68. The number of para-hydroxylation sites is 1. The van der Waals surface area contributed by atoms with Gasteiger partial charge in [-0.1, -0.05) is 32.0 Å². The summed E-state index contributed by atoms with van der Waals surface area (Å²) in [6.45, 7) is 9.58. The summed E-state index contributed by atoms with van der Waals surface area (Å²) < 4.78 is 23.1. The molecule has 0 aliphatic carbocycles. The highest BCUT2D eigenvalue weighted by atomic mass is 16.6. The molecule has 1 aromatic carbocycles. The number of carbonyl (C=O) groups excluding carboxylic acids is 2. The Balaban J connectivity index is 2.17. The van der Waals surface area contributed by atoms with Gasteiger partial charge in [-0.2, -0.15) is 0 Å². The van der Waals surface area contributed by atoms with Gasteiger partial charge in [-0.25, -0.2) is 4.98 Å². The quantitative estimate of drug-likeness (QED) is 0.294. The van der Waals surface area contributed by atoms with Crippen molar-refractivity contribution in [3.05, 3.63) is 48.3 Å². The Bertz CT molecular complexity index is 961. The number of methoxy groups -OCH3 is 1. The lowest BCUT2D eigenvalue weighted by molar-refractivity contribution is -0.168. The number of Topliss-reactive ketones (excluding diaryl/α,β-unsaturated/α-hetero) is 1. The Morgan fingerprint density at radius 1 is 1.11 bits per heavy atom. The molecule has 1 heterocycles. The van der Waals surface area contributed by atoms with Gasteiger partial charge in [0.05, 0.1) is 18.6 Å². The summed E-state index contributed by atoms with van der Waals surface area (Å²) in [6, 6.07) is 10.8. The van der Waals surface area contributed by atoms with Gasteiger partial charge in [-0.15, -0.1) is 0 Å². The number of nitrogens with zero attached hydrogens (tertiary/aromatic N) is 1. The van der Waals surface area contributed by atoms with Crippen molar-refractivity contribution in [1.82, 2.24) is 4.98 Å². The van der Waals surface area contributed by atoms with E-state index in [1.807, 2.05) is 44.2 Å². The van der Waals surface area contributed by atoms with Gasteiger partial charge in [0.2, 0.25) is 0 Å². The molecular weight excluding hydrogens is 450 g/mol. The van der Waals surface area contributed by atoms with E-state index in [0.29, 0.717) is 18.8 Å². The van der Waals surface area contributed by atoms with Crippen molar-refractivity contribution in [1.29, 1.82) is 0 Å². The van der Waals surface area contributed by atoms with Crippen molar-refractivity contribution in [2.24, 2.45) is 5.41 Å². The summed E-state index contributed by atoms with van der Waals surface area (Å²) in [4.78, 5) is 30.0. The number of hydrogen-bond donors (Lipinski definition) is 1. The number of benzene rings is 1. The fraction of sp³-hybridized carbons (Fsp3) is 0.519. The molecule has 0 spiro atoms. The number of pyridine rings is 1. The maximum Gasteiger partial charge on any atom is 0.312 e. The van der Waals surface area contributed by atoms with Gasteiger partial charge >= 0.3 is 5.97 Å². The number of hydrogen-bond acceptors (Lipinski definition) is 8. The Labute approximate surface area is 207 Å². The molecule has 1 aromatic heterocycles. The van der Waals surface area contributed by atoms with Gasteiger partial charge in [0, 0.05) is 25.3 Å². The normalized spacial score (nSPS) is 14.0. The van der Waals surface area contributed by atoms with Crippen molar-refractivity contribution in [2.45, 2.75) is 72.2 Å². The van der Waals surface area contributed by atoms with Crippen molar-refractivity contribution < 1.29 is 33.6 Å². The van der Waals surface area contributed by atoms with Crippen LogP contribution in [0.4, 0.5) is 0 Å². The Morgan fingerprint density at radius 2 is 1.80 bits per heavy atom. The molecule has 8 nitrogen and oxygen atoms in total. The minimum absolute atomic E-state index is 0.135. The lowest BCUT2D eigenvalue weighted by Gasteiger charge is -2.33. The summed E-state index contributed by atoms with van der Waals surface area (Å²) in [5.74, 6) is -0.629. The van der Waals surface area contributed by atoms with Crippen LogP contribution in [0.1, 0.15) is 64.4 Å². The molecule has 2 rings (SSSR count). The Morgan fingerprint density at radius 3 is 2.40 bits per heavy atom. The summed E-state index contributed by atoms with van der Waals surface area (Å²) >= 11 is 0. The van der Waals surface area contributed by atoms with E-state index in [1.54, 1.807) is 20.8 Å². The first-order valence-electron chi connectivity index (χ1n) is 11.9. The zero-order chi connectivity index (χ0) is 26.0. The zero-order valence-corrected chi connectivity index (χ0v) is 21.4. The molecule has 0 amide bonds. The molecule has 0 saturated heterocycles. The van der Waals surface area contributed by atoms with Crippen LogP contribution in [0.25, 0.3) is 0 Å². The van der Waals surface area contributed by atoms with Crippen molar-refractivity contribution in [3.8, 4) is 17.2 Å². The summed E-state index contributed by atoms with van der Waals surface area (Å²) in [6.07, 6.45) is 1.19. The van der Waals surface area contributed by atoms with E-state index in [1.165, 1.54) is 19.4 Å². The summed E-state index contributed by atoms with van der Waals surface area (Å²) in [5.41, 5.74) is -1.33. The predicted octanol–water partition coefficient (Wildman–Crippen LogP) is 4.98. The fourth-order valence-electron chi connectivity index (χ4n) is 3.60. The third-order valence-corrected chi connectivity index (χ3v) is 5.60. The first-order chi connectivity index (χ1) is 16.6. The number of aromatic hydroxyl groups is 1. The molecule has 0 aliphatic rings. The molecule has 2 aromatic rings. The van der Waals surface area contributed by atoms with Crippen LogP contribution < -0.4 is 9.47 Å². The highest BCUT2D eigenvalue weighted by Gasteiger charge is 2.38. The van der Waals surface area contributed by atoms with Gasteiger partial charge in [0.1, 0.15) is 11.9 Å². The average molecular weight is 488 g/mol. The van der Waals surface area contributed by atoms with Crippen LogP contribution >= 0.6 is 0 Å². The minimum atomic E-state index is -1.17. The van der Waals surface area contributed by atoms with Crippen molar-refractivity contribution in [3.63, 3.8) is 0 Å². The van der Waals surface area contributed by atoms with Crippen LogP contribution in [0.15, 0.2) is 42.6 Å². The molecule has 35 heavy (non-hydrogen) atoms. The molecule has 0 saturated carbocycles. The van der Waals surface area contributed by atoms with Crippen LogP contribution in [0.5, 0.6) is 17.2 Å². The molecule has 0 radical (unpaired) electrons. The molecule has 192 valence electrons. The molecule has 3 atom stereocenters. The second-order valence-corrected chi connectivity index (χ2v) is 9.02. The first-order valence-corrected chi connectivity index (χ1v) is 11.9. The minimum Gasteiger partial charge on any atom is -0.503 e. The smallest absolute Gasteiger partial charge is 0.312 e. The van der Waals surface area contributed by atoms with Crippen LogP contribution in [0.3, 0.4) is 0 Å². The van der Waals surface area contributed by atoms with Gasteiger partial charge < -0.3 is 24.1 Å². The largest absolute Gasteiger partial charge is 0.503 e. The topological polar surface area (TPSA) is 104 Å².